The lowest BCUT2D eigenvalue weighted by molar-refractivity contribution is -0.184. The van der Waals surface area contributed by atoms with Crippen LogP contribution in [-0.2, 0) is 19.7 Å². The Morgan fingerprint density at radius 1 is 1.05 bits per heavy atom. The number of hydrogen-bond acceptors (Lipinski definition) is 7. The van der Waals surface area contributed by atoms with E-state index in [4.69, 9.17) is 9.47 Å². The lowest BCUT2D eigenvalue weighted by Gasteiger charge is -2.62. The molecule has 4 aliphatic rings. The van der Waals surface area contributed by atoms with Crippen LogP contribution >= 0.6 is 0 Å². The van der Waals surface area contributed by atoms with E-state index >= 15 is 0 Å². The zero-order chi connectivity index (χ0) is 28.2. The van der Waals surface area contributed by atoms with E-state index in [0.717, 1.165) is 22.3 Å². The maximum Gasteiger partial charge on any atom is 0.314 e. The summed E-state index contributed by atoms with van der Waals surface area (Å²) in [6.07, 6.45) is 2.46. The molecule has 204 valence electrons. The number of ether oxygens (including phenoxy) is 2. The van der Waals surface area contributed by atoms with Gasteiger partial charge in [-0.15, -0.1) is 0 Å². The molecule has 1 aromatic carbocycles. The Balaban J connectivity index is 1.72. The third-order valence-corrected chi connectivity index (χ3v) is 10.7. The average molecular weight is 523 g/mol. The number of phenols is 1. The molecule has 0 aliphatic heterocycles. The van der Waals surface area contributed by atoms with Gasteiger partial charge in [0.1, 0.15) is 6.10 Å². The molecule has 2 saturated carbocycles. The van der Waals surface area contributed by atoms with Gasteiger partial charge in [0.15, 0.2) is 23.1 Å². The maximum atomic E-state index is 13.8. The van der Waals surface area contributed by atoms with Crippen LogP contribution in [0.1, 0.15) is 81.8 Å². The Morgan fingerprint density at radius 2 is 1.71 bits per heavy atom. The zero-order valence-corrected chi connectivity index (χ0v) is 23.6. The van der Waals surface area contributed by atoms with Crippen molar-refractivity contribution in [1.29, 1.82) is 0 Å². The number of methoxy groups -OCH3 is 2. The van der Waals surface area contributed by atoms with Crippen molar-refractivity contribution >= 4 is 17.5 Å². The average Bonchev–Trinajstić information content (AvgIpc) is 2.85. The summed E-state index contributed by atoms with van der Waals surface area (Å²) in [5, 5.41) is 21.9. The fourth-order valence-corrected chi connectivity index (χ4v) is 8.67. The first-order chi connectivity index (χ1) is 17.6. The molecule has 2 fully saturated rings. The summed E-state index contributed by atoms with van der Waals surface area (Å²) in [5.41, 5.74) is 1.78. The number of ketones is 2. The molecule has 1 aromatic rings. The van der Waals surface area contributed by atoms with Crippen molar-refractivity contribution in [2.45, 2.75) is 78.7 Å². The van der Waals surface area contributed by atoms with E-state index in [1.54, 1.807) is 26.0 Å². The number of rotatable bonds is 2. The molecule has 0 spiro atoms. The first-order valence-corrected chi connectivity index (χ1v) is 13.3. The molecule has 7 nitrogen and oxygen atoms in total. The van der Waals surface area contributed by atoms with Gasteiger partial charge in [-0.2, -0.15) is 0 Å². The number of benzene rings is 1. The highest BCUT2D eigenvalue weighted by Gasteiger charge is 2.67. The fraction of sp³-hybridized carbons (Fsp3) is 0.581. The van der Waals surface area contributed by atoms with Crippen molar-refractivity contribution in [2.75, 3.05) is 14.2 Å². The first-order valence-electron chi connectivity index (χ1n) is 13.3. The second kappa shape index (κ2) is 8.04. The van der Waals surface area contributed by atoms with E-state index in [2.05, 4.69) is 13.8 Å². The van der Waals surface area contributed by atoms with Gasteiger partial charge >= 0.3 is 5.97 Å². The maximum absolute atomic E-state index is 13.8. The number of aliphatic hydroxyl groups excluding tert-OH is 1. The summed E-state index contributed by atoms with van der Waals surface area (Å²) >= 11 is 0. The number of phenolic OH excluding ortho intramolecular Hbond substituents is 1. The van der Waals surface area contributed by atoms with Gasteiger partial charge in [-0.05, 0) is 86.6 Å². The number of carbonyl (C=O) groups is 3. The minimum absolute atomic E-state index is 0.00925. The number of hydrogen-bond donors (Lipinski definition) is 2. The Morgan fingerprint density at radius 3 is 2.32 bits per heavy atom. The first kappa shape index (κ1) is 26.7. The van der Waals surface area contributed by atoms with E-state index < -0.39 is 33.7 Å². The second-order valence-electron chi connectivity index (χ2n) is 12.8. The van der Waals surface area contributed by atoms with Gasteiger partial charge in [-0.1, -0.05) is 26.3 Å². The van der Waals surface area contributed by atoms with Crippen LogP contribution in [0.4, 0.5) is 0 Å². The smallest absolute Gasteiger partial charge is 0.314 e. The summed E-state index contributed by atoms with van der Waals surface area (Å²) in [7, 11) is 2.76. The van der Waals surface area contributed by atoms with E-state index in [-0.39, 0.29) is 23.2 Å². The highest BCUT2D eigenvalue weighted by molar-refractivity contribution is 6.10. The number of Topliss-reactive ketones (excluding diaryl/α,β-unsaturated/α-hetero) is 1. The van der Waals surface area contributed by atoms with Crippen molar-refractivity contribution < 1.29 is 34.1 Å². The largest absolute Gasteiger partial charge is 0.504 e. The van der Waals surface area contributed by atoms with Gasteiger partial charge in [0, 0.05) is 22.0 Å². The van der Waals surface area contributed by atoms with Crippen LogP contribution < -0.4 is 4.74 Å². The molecule has 0 bridgehead atoms. The third kappa shape index (κ3) is 3.02. The highest BCUT2D eigenvalue weighted by atomic mass is 16.5. The van der Waals surface area contributed by atoms with Crippen LogP contribution in [0.25, 0.3) is 0 Å². The van der Waals surface area contributed by atoms with Gasteiger partial charge in [0.2, 0.25) is 0 Å². The van der Waals surface area contributed by atoms with Gasteiger partial charge < -0.3 is 19.7 Å². The number of allylic oxidation sites excluding steroid dienone is 4. The van der Waals surface area contributed by atoms with E-state index in [1.165, 1.54) is 14.2 Å². The molecule has 0 radical (unpaired) electrons. The molecule has 2 N–H and O–H groups in total. The monoisotopic (exact) mass is 522 g/mol. The number of esters is 1. The van der Waals surface area contributed by atoms with Crippen molar-refractivity contribution in [3.05, 3.63) is 45.6 Å². The minimum atomic E-state index is -1.44. The molecule has 0 aromatic heterocycles. The lowest BCUT2D eigenvalue weighted by Crippen LogP contribution is -2.64. The van der Waals surface area contributed by atoms with Crippen molar-refractivity contribution in [2.24, 2.45) is 22.2 Å². The molecular formula is C31H38O7. The van der Waals surface area contributed by atoms with Crippen LogP contribution in [0.5, 0.6) is 11.5 Å². The molecule has 38 heavy (non-hydrogen) atoms. The van der Waals surface area contributed by atoms with Gasteiger partial charge in [-0.25, -0.2) is 0 Å². The number of aromatic hydroxyl groups is 1. The van der Waals surface area contributed by atoms with Crippen molar-refractivity contribution in [3.8, 4) is 11.5 Å². The van der Waals surface area contributed by atoms with Crippen LogP contribution in [0.15, 0.2) is 28.9 Å². The van der Waals surface area contributed by atoms with Crippen LogP contribution in [0.3, 0.4) is 0 Å². The van der Waals surface area contributed by atoms with Crippen LogP contribution in [0, 0.1) is 29.1 Å². The summed E-state index contributed by atoms with van der Waals surface area (Å²) < 4.78 is 10.5. The predicted octanol–water partition coefficient (Wildman–Crippen LogP) is 4.75. The Hall–Kier alpha value is -2.93. The van der Waals surface area contributed by atoms with Gasteiger partial charge in [-0.3, -0.25) is 14.4 Å². The molecule has 0 amide bonds. The number of aliphatic hydroxyl groups is 1. The number of carbonyl (C=O) groups excluding carboxylic acids is 3. The standard InChI is InChI=1S/C31H38O7/c1-15-13-30(5)21(14-31(6,27(36)38-8)26(35)25(30)34)29(4)10-9-28(3)17-11-20(33)24(37-7)16(2)22(17)19(32)12-18(28)23(15)29/h11-12,21,26,33,35H,9-10,13-14H2,1-8H3/t21-,26+,28-,29-,30-,31+/m1/s1. The molecule has 0 heterocycles. The predicted molar refractivity (Wildman–Crippen MR) is 141 cm³/mol. The summed E-state index contributed by atoms with van der Waals surface area (Å²) in [5.74, 6) is -0.949. The summed E-state index contributed by atoms with van der Waals surface area (Å²) in [4.78, 5) is 40.3. The molecule has 0 saturated heterocycles. The van der Waals surface area contributed by atoms with Gasteiger partial charge in [0.05, 0.1) is 19.6 Å². The van der Waals surface area contributed by atoms with Crippen LogP contribution in [0.2, 0.25) is 0 Å². The van der Waals surface area contributed by atoms with Gasteiger partial charge in [0.25, 0.3) is 0 Å². The molecule has 4 aliphatic carbocycles. The van der Waals surface area contributed by atoms with Crippen molar-refractivity contribution in [3.63, 3.8) is 0 Å². The molecule has 0 unspecified atom stereocenters. The van der Waals surface area contributed by atoms with E-state index in [9.17, 15) is 24.6 Å². The molecule has 6 atom stereocenters. The number of fused-ring (bicyclic) bond motifs is 7. The topological polar surface area (TPSA) is 110 Å². The third-order valence-electron chi connectivity index (χ3n) is 10.7. The fourth-order valence-electron chi connectivity index (χ4n) is 8.67. The van der Waals surface area contributed by atoms with Crippen LogP contribution in [-0.4, -0.2) is 48.1 Å². The Labute approximate surface area is 223 Å². The Bertz CT molecular complexity index is 1370. The second-order valence-corrected chi connectivity index (χ2v) is 12.8. The van der Waals surface area contributed by atoms with Crippen molar-refractivity contribution in [1.82, 2.24) is 0 Å². The highest BCUT2D eigenvalue weighted by Crippen LogP contribution is 2.69. The summed E-state index contributed by atoms with van der Waals surface area (Å²) in [6.45, 7) is 11.6. The normalized spacial score (nSPS) is 38.0. The molecule has 5 rings (SSSR count). The molecular weight excluding hydrogens is 484 g/mol. The van der Waals surface area contributed by atoms with E-state index in [0.29, 0.717) is 42.6 Å². The minimum Gasteiger partial charge on any atom is -0.504 e. The summed E-state index contributed by atoms with van der Waals surface area (Å²) in [6, 6.07) is 1.67. The zero-order valence-electron chi connectivity index (χ0n) is 23.6. The van der Waals surface area contributed by atoms with E-state index in [1.807, 2.05) is 13.8 Å². The Kier molecular flexibility index (Phi) is 5.64. The quantitative estimate of drug-likeness (QED) is 0.540. The lowest BCUT2D eigenvalue weighted by atomic mass is 9.40. The molecule has 7 heteroatoms. The SMILES string of the molecule is COC(=O)[C@@]1(C)C[C@H]2[C@@](C)(CC(C)=C3C4=CC(=O)c5c(cc(O)c(OC)c5C)[C@@]4(C)CC[C@@]32C)C(=O)[C@@H]1O.